The number of carboxylic acid groups (broad SMARTS) is 1. The van der Waals surface area contributed by atoms with Crippen LogP contribution in [0.3, 0.4) is 0 Å². The van der Waals surface area contributed by atoms with Gasteiger partial charge in [0.1, 0.15) is 0 Å². The molecule has 0 radical (unpaired) electrons. The molecule has 0 bridgehead atoms. The van der Waals surface area contributed by atoms with Gasteiger partial charge in [-0.2, -0.15) is 0 Å². The predicted octanol–water partition coefficient (Wildman–Crippen LogP) is 3.23. The van der Waals surface area contributed by atoms with Crippen LogP contribution >= 0.6 is 11.8 Å². The number of hydrogen-bond acceptors (Lipinski definition) is 3. The summed E-state index contributed by atoms with van der Waals surface area (Å²) in [7, 11) is 0. The zero-order chi connectivity index (χ0) is 12.1. The minimum Gasteiger partial charge on any atom is -0.478 e. The molecule has 4 heteroatoms. The lowest BCUT2D eigenvalue weighted by Gasteiger charge is -2.10. The predicted molar refractivity (Wildman–Crippen MR) is 66.1 cm³/mol. The summed E-state index contributed by atoms with van der Waals surface area (Å²) >= 11 is 1.60. The van der Waals surface area contributed by atoms with Crippen LogP contribution in [0.1, 0.15) is 36.3 Å². The molecular weight excluding hydrogens is 222 g/mol. The van der Waals surface area contributed by atoms with Crippen LogP contribution in [0.4, 0.5) is 0 Å². The lowest BCUT2D eigenvalue weighted by Crippen LogP contribution is -2.03. The smallest absolute Gasteiger partial charge is 0.338 e. The van der Waals surface area contributed by atoms with Gasteiger partial charge in [-0.25, -0.2) is 4.79 Å². The van der Waals surface area contributed by atoms with Crippen molar-refractivity contribution >= 4 is 17.7 Å². The molecule has 88 valence electrons. The minimum atomic E-state index is -0.904. The highest BCUT2D eigenvalue weighted by Crippen LogP contribution is 2.25. The first-order chi connectivity index (χ1) is 7.54. The molecule has 0 saturated heterocycles. The number of carbonyl (C=O) groups is 1. The van der Waals surface area contributed by atoms with Crippen LogP contribution in [0.2, 0.25) is 0 Å². The van der Waals surface area contributed by atoms with Crippen molar-refractivity contribution in [1.82, 2.24) is 4.98 Å². The third-order valence-corrected chi connectivity index (χ3v) is 3.84. The molecule has 0 saturated carbocycles. The molecule has 0 aliphatic rings. The van der Waals surface area contributed by atoms with E-state index < -0.39 is 5.97 Å². The van der Waals surface area contributed by atoms with E-state index in [1.54, 1.807) is 11.8 Å². The third kappa shape index (κ3) is 3.52. The second kappa shape index (κ2) is 5.89. The molecular formula is C12H17NO2S. The molecule has 0 aromatic carbocycles. The summed E-state index contributed by atoms with van der Waals surface area (Å²) in [6.07, 6.45) is 2.55. The van der Waals surface area contributed by atoms with Crippen LogP contribution in [0.5, 0.6) is 0 Å². The number of aromatic nitrogens is 1. The average molecular weight is 239 g/mol. The Morgan fingerprint density at radius 3 is 2.88 bits per heavy atom. The van der Waals surface area contributed by atoms with Crippen LogP contribution in [0, 0.1) is 12.8 Å². The Morgan fingerprint density at radius 2 is 2.31 bits per heavy atom. The van der Waals surface area contributed by atoms with Crippen molar-refractivity contribution in [2.24, 2.45) is 5.92 Å². The van der Waals surface area contributed by atoms with Gasteiger partial charge in [0.25, 0.3) is 0 Å². The fourth-order valence-electron chi connectivity index (χ4n) is 1.16. The fraction of sp³-hybridized carbons (Fsp3) is 0.500. The van der Waals surface area contributed by atoms with Crippen LogP contribution in [0.25, 0.3) is 0 Å². The summed E-state index contributed by atoms with van der Waals surface area (Å²) in [6, 6.07) is 1.84. The van der Waals surface area contributed by atoms with Crippen molar-refractivity contribution in [3.8, 4) is 0 Å². The van der Waals surface area contributed by atoms with Crippen molar-refractivity contribution < 1.29 is 9.90 Å². The van der Waals surface area contributed by atoms with Crippen LogP contribution < -0.4 is 0 Å². The Morgan fingerprint density at radius 1 is 1.62 bits per heavy atom. The maximum atomic E-state index is 11.0. The van der Waals surface area contributed by atoms with Gasteiger partial charge in [0.05, 0.1) is 5.56 Å². The first-order valence-corrected chi connectivity index (χ1v) is 6.35. The number of thioether (sulfide) groups is 1. The SMILES string of the molecule is CCC(C)CSc1cc(C)ncc1C(=O)O. The van der Waals surface area contributed by atoms with E-state index in [2.05, 4.69) is 18.8 Å². The molecule has 1 unspecified atom stereocenters. The van der Waals surface area contributed by atoms with Gasteiger partial charge in [-0.15, -0.1) is 11.8 Å². The summed E-state index contributed by atoms with van der Waals surface area (Å²) < 4.78 is 0. The molecule has 1 rings (SSSR count). The maximum Gasteiger partial charge on any atom is 0.338 e. The Kier molecular flexibility index (Phi) is 4.80. The molecule has 1 aromatic rings. The molecule has 1 aromatic heterocycles. The first-order valence-electron chi connectivity index (χ1n) is 5.37. The van der Waals surface area contributed by atoms with Gasteiger partial charge >= 0.3 is 5.97 Å². The summed E-state index contributed by atoms with van der Waals surface area (Å²) in [5.41, 5.74) is 1.16. The molecule has 3 nitrogen and oxygen atoms in total. The Balaban J connectivity index is 2.84. The molecule has 0 fully saturated rings. The molecule has 0 amide bonds. The Hall–Kier alpha value is -1.03. The standard InChI is InChI=1S/C12H17NO2S/c1-4-8(2)7-16-11-5-9(3)13-6-10(11)12(14)15/h5-6,8H,4,7H2,1-3H3,(H,14,15). The van der Waals surface area contributed by atoms with Gasteiger partial charge in [0, 0.05) is 22.5 Å². The van der Waals surface area contributed by atoms with E-state index in [1.165, 1.54) is 6.20 Å². The van der Waals surface area contributed by atoms with E-state index in [4.69, 9.17) is 5.11 Å². The number of carboxylic acids is 1. The van der Waals surface area contributed by atoms with E-state index >= 15 is 0 Å². The van der Waals surface area contributed by atoms with E-state index in [0.29, 0.717) is 11.5 Å². The van der Waals surface area contributed by atoms with Crippen LogP contribution in [-0.2, 0) is 0 Å². The highest BCUT2D eigenvalue weighted by Gasteiger charge is 2.12. The van der Waals surface area contributed by atoms with Crippen molar-refractivity contribution in [1.29, 1.82) is 0 Å². The monoisotopic (exact) mass is 239 g/mol. The number of pyridine rings is 1. The second-order valence-electron chi connectivity index (χ2n) is 3.95. The normalized spacial score (nSPS) is 12.4. The number of nitrogens with zero attached hydrogens (tertiary/aromatic N) is 1. The van der Waals surface area contributed by atoms with Crippen molar-refractivity contribution in [3.63, 3.8) is 0 Å². The van der Waals surface area contributed by atoms with Gasteiger partial charge in [-0.3, -0.25) is 4.98 Å². The molecule has 1 atom stereocenters. The first kappa shape index (κ1) is 13.0. The maximum absolute atomic E-state index is 11.0. The molecule has 16 heavy (non-hydrogen) atoms. The average Bonchev–Trinajstić information content (AvgIpc) is 2.25. The second-order valence-corrected chi connectivity index (χ2v) is 5.01. The number of rotatable bonds is 5. The largest absolute Gasteiger partial charge is 0.478 e. The quantitative estimate of drug-likeness (QED) is 0.801. The van der Waals surface area contributed by atoms with Crippen molar-refractivity contribution in [2.45, 2.75) is 32.1 Å². The van der Waals surface area contributed by atoms with E-state index in [1.807, 2.05) is 13.0 Å². The van der Waals surface area contributed by atoms with E-state index in [-0.39, 0.29) is 0 Å². The molecule has 0 aliphatic carbocycles. The molecule has 1 heterocycles. The minimum absolute atomic E-state index is 0.305. The van der Waals surface area contributed by atoms with E-state index in [9.17, 15) is 4.79 Å². The summed E-state index contributed by atoms with van der Waals surface area (Å²) in [5.74, 6) is 0.638. The van der Waals surface area contributed by atoms with E-state index in [0.717, 1.165) is 22.8 Å². The Bertz CT molecular complexity index is 379. The van der Waals surface area contributed by atoms with Crippen molar-refractivity contribution in [2.75, 3.05) is 5.75 Å². The lowest BCUT2D eigenvalue weighted by molar-refractivity contribution is 0.0692. The fourth-order valence-corrected chi connectivity index (χ4v) is 2.41. The van der Waals surface area contributed by atoms with Gasteiger partial charge in [-0.1, -0.05) is 20.3 Å². The lowest BCUT2D eigenvalue weighted by atomic mass is 10.2. The van der Waals surface area contributed by atoms with Gasteiger partial charge < -0.3 is 5.11 Å². The summed E-state index contributed by atoms with van der Waals surface area (Å²) in [6.45, 7) is 6.18. The Labute approximate surface area is 100 Å². The highest BCUT2D eigenvalue weighted by atomic mass is 32.2. The zero-order valence-corrected chi connectivity index (χ0v) is 10.7. The highest BCUT2D eigenvalue weighted by molar-refractivity contribution is 7.99. The molecule has 0 aliphatic heterocycles. The number of aromatic carboxylic acids is 1. The number of hydrogen-bond donors (Lipinski definition) is 1. The van der Waals surface area contributed by atoms with Gasteiger partial charge in [0.2, 0.25) is 0 Å². The van der Waals surface area contributed by atoms with Crippen LogP contribution in [0.15, 0.2) is 17.2 Å². The molecule has 1 N–H and O–H groups in total. The zero-order valence-electron chi connectivity index (χ0n) is 9.86. The summed E-state index contributed by atoms with van der Waals surface area (Å²) in [4.78, 5) is 15.8. The third-order valence-electron chi connectivity index (χ3n) is 2.45. The topological polar surface area (TPSA) is 50.2 Å². The van der Waals surface area contributed by atoms with Crippen molar-refractivity contribution in [3.05, 3.63) is 23.5 Å². The summed E-state index contributed by atoms with van der Waals surface area (Å²) in [5, 5.41) is 9.03. The van der Waals surface area contributed by atoms with Crippen LogP contribution in [-0.4, -0.2) is 21.8 Å². The molecule has 0 spiro atoms. The van der Waals surface area contributed by atoms with Gasteiger partial charge in [-0.05, 0) is 18.9 Å². The number of aryl methyl sites for hydroxylation is 1. The van der Waals surface area contributed by atoms with Gasteiger partial charge in [0.15, 0.2) is 0 Å².